The second-order valence-corrected chi connectivity index (χ2v) is 14.1. The molecule has 1 aliphatic carbocycles. The standard InChI is InChI=1S/C38H37F3N6O4/c39-24-15-27(35(48)32(16-24)47-11-12-51-33-14-23(38(41)4-5-38)13-29(40)34(33)37(47)49)26-3-6-42-36-28(26)17-31(44-36)30-2-1-22(18-43-30)19-45-7-9-46(10-8-45)25-20-50-21-25/h1,3,6,13-18,25,30,48H,2,4-5,7-12,19-21H2,(H,42,44). The lowest BCUT2D eigenvalue weighted by Gasteiger charge is -2.42. The molecule has 1 unspecified atom stereocenters. The molecule has 4 aliphatic heterocycles. The highest BCUT2D eigenvalue weighted by molar-refractivity contribution is 6.10. The molecule has 6 heterocycles. The van der Waals surface area contributed by atoms with Crippen LogP contribution in [0.1, 0.15) is 46.9 Å². The van der Waals surface area contributed by atoms with Gasteiger partial charge in [-0.2, -0.15) is 0 Å². The summed E-state index contributed by atoms with van der Waals surface area (Å²) >= 11 is 0. The molecule has 2 N–H and O–H groups in total. The van der Waals surface area contributed by atoms with E-state index >= 15 is 8.78 Å². The Hall–Kier alpha value is -4.72. The zero-order valence-corrected chi connectivity index (χ0v) is 27.9. The Morgan fingerprint density at radius 2 is 1.84 bits per heavy atom. The lowest BCUT2D eigenvalue weighted by molar-refractivity contribution is -0.0762. The van der Waals surface area contributed by atoms with E-state index in [0.717, 1.165) is 68.7 Å². The lowest BCUT2D eigenvalue weighted by atomic mass is 9.99. The Balaban J connectivity index is 0.957. The minimum atomic E-state index is -1.62. The number of rotatable bonds is 7. The summed E-state index contributed by atoms with van der Waals surface area (Å²) in [5.41, 5.74) is 1.18. The van der Waals surface area contributed by atoms with Crippen molar-refractivity contribution in [2.45, 2.75) is 37.0 Å². The molecule has 1 saturated carbocycles. The van der Waals surface area contributed by atoms with Gasteiger partial charge >= 0.3 is 0 Å². The Morgan fingerprint density at radius 1 is 1.02 bits per heavy atom. The highest BCUT2D eigenvalue weighted by Crippen LogP contribution is 2.51. The second kappa shape index (κ2) is 12.5. The van der Waals surface area contributed by atoms with E-state index in [0.29, 0.717) is 29.1 Å². The number of hydrogen-bond donors (Lipinski definition) is 2. The van der Waals surface area contributed by atoms with Gasteiger partial charge in [0, 0.05) is 67.8 Å². The van der Waals surface area contributed by atoms with E-state index in [1.165, 1.54) is 17.7 Å². The first kappa shape index (κ1) is 32.2. The van der Waals surface area contributed by atoms with Gasteiger partial charge in [0.1, 0.15) is 46.6 Å². The summed E-state index contributed by atoms with van der Waals surface area (Å²) in [5.74, 6) is -2.88. The monoisotopic (exact) mass is 698 g/mol. The maximum absolute atomic E-state index is 15.4. The minimum absolute atomic E-state index is 0.0708. The number of alkyl halides is 1. The summed E-state index contributed by atoms with van der Waals surface area (Å²) < 4.78 is 56.6. The molecule has 0 bridgehead atoms. The molecule has 51 heavy (non-hydrogen) atoms. The van der Waals surface area contributed by atoms with Crippen molar-refractivity contribution >= 4 is 28.8 Å². The number of benzene rings is 2. The van der Waals surface area contributed by atoms with E-state index in [-0.39, 0.29) is 65.9 Å². The Bertz CT molecular complexity index is 2100. The van der Waals surface area contributed by atoms with Crippen LogP contribution in [0, 0.1) is 11.6 Å². The van der Waals surface area contributed by atoms with Crippen LogP contribution in [0.2, 0.25) is 0 Å². The van der Waals surface area contributed by atoms with Gasteiger partial charge in [-0.05, 0) is 66.3 Å². The molecule has 264 valence electrons. The maximum atomic E-state index is 15.4. The first-order valence-electron chi connectivity index (χ1n) is 17.5. The number of hydrogen-bond acceptors (Lipinski definition) is 8. The highest BCUT2D eigenvalue weighted by atomic mass is 19.1. The van der Waals surface area contributed by atoms with Gasteiger partial charge < -0.3 is 24.5 Å². The maximum Gasteiger partial charge on any atom is 0.265 e. The molecule has 13 heteroatoms. The van der Waals surface area contributed by atoms with E-state index < -0.39 is 23.2 Å². The van der Waals surface area contributed by atoms with Gasteiger partial charge in [-0.1, -0.05) is 6.08 Å². The van der Waals surface area contributed by atoms with Crippen LogP contribution < -0.4 is 9.64 Å². The summed E-state index contributed by atoms with van der Waals surface area (Å²) in [4.78, 5) is 32.5. The third-order valence-electron chi connectivity index (χ3n) is 10.8. The number of ether oxygens (including phenoxy) is 2. The molecule has 0 spiro atoms. The summed E-state index contributed by atoms with van der Waals surface area (Å²) in [5, 5.41) is 12.3. The van der Waals surface area contributed by atoms with Crippen molar-refractivity contribution in [1.82, 2.24) is 19.8 Å². The molecule has 1 atom stereocenters. The van der Waals surface area contributed by atoms with Crippen molar-refractivity contribution in [3.8, 4) is 22.6 Å². The van der Waals surface area contributed by atoms with Crippen LogP contribution in [0.25, 0.3) is 22.2 Å². The van der Waals surface area contributed by atoms with E-state index in [4.69, 9.17) is 14.5 Å². The number of piperazine rings is 1. The Morgan fingerprint density at radius 3 is 2.57 bits per heavy atom. The predicted molar refractivity (Wildman–Crippen MR) is 185 cm³/mol. The van der Waals surface area contributed by atoms with Crippen LogP contribution in [0.4, 0.5) is 18.9 Å². The topological polar surface area (TPSA) is 107 Å². The van der Waals surface area contributed by atoms with Crippen molar-refractivity contribution < 1.29 is 32.5 Å². The number of fused-ring (bicyclic) bond motifs is 2. The molecule has 2 aromatic heterocycles. The molecule has 9 rings (SSSR count). The van der Waals surface area contributed by atoms with E-state index in [2.05, 4.69) is 25.8 Å². The number of nitrogens with zero attached hydrogens (tertiary/aromatic N) is 5. The SMILES string of the molecule is O=C1c2c(F)cc(C3(F)CC3)cc2OCCN1c1cc(F)cc(-c2ccnc3[nH]c(C4CC=C(CN5CCN(C6COC6)CC5)C=N4)cc23)c1O. The zero-order chi connectivity index (χ0) is 34.9. The Kier molecular flexibility index (Phi) is 7.89. The third-order valence-corrected chi connectivity index (χ3v) is 10.8. The van der Waals surface area contributed by atoms with E-state index in [1.54, 1.807) is 12.3 Å². The highest BCUT2D eigenvalue weighted by Gasteiger charge is 2.46. The molecule has 4 aromatic rings. The number of amides is 1. The Labute approximate surface area is 292 Å². The number of aliphatic imine (C=N–C) groups is 1. The number of nitrogens with one attached hydrogen (secondary N) is 1. The number of halogens is 3. The van der Waals surface area contributed by atoms with Crippen LogP contribution >= 0.6 is 0 Å². The van der Waals surface area contributed by atoms with Crippen molar-refractivity contribution in [3.63, 3.8) is 0 Å². The van der Waals surface area contributed by atoms with Gasteiger partial charge in [-0.25, -0.2) is 18.2 Å². The van der Waals surface area contributed by atoms with Crippen LogP contribution in [0.3, 0.4) is 0 Å². The molecular weight excluding hydrogens is 661 g/mol. The molecule has 2 saturated heterocycles. The van der Waals surface area contributed by atoms with Gasteiger partial charge in [0.25, 0.3) is 5.91 Å². The summed E-state index contributed by atoms with van der Waals surface area (Å²) in [7, 11) is 0. The van der Waals surface area contributed by atoms with Crippen LogP contribution in [0.5, 0.6) is 11.5 Å². The van der Waals surface area contributed by atoms with Gasteiger partial charge in [0.2, 0.25) is 0 Å². The number of anilines is 1. The van der Waals surface area contributed by atoms with Gasteiger partial charge in [0.05, 0.1) is 37.5 Å². The lowest BCUT2D eigenvalue weighted by Crippen LogP contribution is -2.56. The normalized spacial score (nSPS) is 22.3. The quantitative estimate of drug-likeness (QED) is 0.256. The van der Waals surface area contributed by atoms with Crippen molar-refractivity contribution in [3.05, 3.63) is 82.7 Å². The third kappa shape index (κ3) is 5.86. The molecule has 3 fully saturated rings. The fraction of sp³-hybridized carbons (Fsp3) is 0.395. The molecule has 1 amide bonds. The number of aromatic amines is 1. The molecule has 10 nitrogen and oxygen atoms in total. The number of aromatic hydroxyl groups is 1. The van der Waals surface area contributed by atoms with Crippen LogP contribution in [0.15, 0.2) is 59.2 Å². The van der Waals surface area contributed by atoms with Gasteiger partial charge in [-0.15, -0.1) is 0 Å². The number of dihydropyridines is 1. The number of carbonyl (C=O) groups excluding carboxylic acids is 1. The number of carbonyl (C=O) groups is 1. The number of H-pyrrole nitrogens is 1. The first-order valence-corrected chi connectivity index (χ1v) is 17.5. The van der Waals surface area contributed by atoms with E-state index in [1.807, 2.05) is 12.3 Å². The van der Waals surface area contributed by atoms with E-state index in [9.17, 15) is 14.3 Å². The van der Waals surface area contributed by atoms with Crippen molar-refractivity contribution in [2.24, 2.45) is 4.99 Å². The smallest absolute Gasteiger partial charge is 0.265 e. The molecule has 5 aliphatic rings. The largest absolute Gasteiger partial charge is 0.505 e. The van der Waals surface area contributed by atoms with Gasteiger partial charge in [-0.3, -0.25) is 19.6 Å². The predicted octanol–water partition coefficient (Wildman–Crippen LogP) is 5.67. The summed E-state index contributed by atoms with van der Waals surface area (Å²) in [6.45, 7) is 6.49. The number of pyridine rings is 1. The molecule has 0 radical (unpaired) electrons. The van der Waals surface area contributed by atoms with Gasteiger partial charge in [0.15, 0.2) is 0 Å². The van der Waals surface area contributed by atoms with Crippen LogP contribution in [-0.4, -0.2) is 102 Å². The average molecular weight is 699 g/mol. The summed E-state index contributed by atoms with van der Waals surface area (Å²) in [6.07, 6.45) is 6.98. The molecular formula is C38H37F3N6O4. The fourth-order valence-corrected chi connectivity index (χ4v) is 7.58. The first-order chi connectivity index (χ1) is 24.7. The summed E-state index contributed by atoms with van der Waals surface area (Å²) in [6, 6.07) is 8.61. The van der Waals surface area contributed by atoms with Crippen molar-refractivity contribution in [1.29, 1.82) is 0 Å². The minimum Gasteiger partial charge on any atom is -0.505 e. The second-order valence-electron chi connectivity index (χ2n) is 14.1. The van der Waals surface area contributed by atoms with Crippen molar-refractivity contribution in [2.75, 3.05) is 64.0 Å². The fourth-order valence-electron chi connectivity index (χ4n) is 7.58. The number of aromatic nitrogens is 2. The zero-order valence-electron chi connectivity index (χ0n) is 27.9. The number of phenolic OH excluding ortho intramolecular Hbond substituents is 1. The molecule has 2 aromatic carbocycles. The average Bonchev–Trinajstić information content (AvgIpc) is 3.75. The van der Waals surface area contributed by atoms with Crippen LogP contribution in [-0.2, 0) is 10.4 Å². The number of phenols is 1.